The minimum absolute atomic E-state index is 0.0705. The first-order chi connectivity index (χ1) is 13.7. The third-order valence-electron chi connectivity index (χ3n) is 4.97. The van der Waals surface area contributed by atoms with Crippen LogP contribution < -0.4 is 5.32 Å². The first-order valence-electron chi connectivity index (χ1n) is 9.73. The molecule has 6 heteroatoms. The largest absolute Gasteiger partial charge is 0.436 e. The van der Waals surface area contributed by atoms with Gasteiger partial charge in [-0.3, -0.25) is 9.59 Å². The highest BCUT2D eigenvalue weighted by atomic mass is 16.3. The molecule has 1 aliphatic rings. The molecule has 0 radical (unpaired) electrons. The number of benzene rings is 2. The maximum atomic E-state index is 12.4. The molecular formula is C22H23N3O3. The Kier molecular flexibility index (Phi) is 5.37. The summed E-state index contributed by atoms with van der Waals surface area (Å²) >= 11 is 0. The van der Waals surface area contributed by atoms with E-state index in [0.29, 0.717) is 24.5 Å². The lowest BCUT2D eigenvalue weighted by molar-refractivity contribution is -0.135. The highest BCUT2D eigenvalue weighted by Crippen LogP contribution is 2.25. The van der Waals surface area contributed by atoms with Gasteiger partial charge in [0.1, 0.15) is 5.52 Å². The van der Waals surface area contributed by atoms with Gasteiger partial charge in [-0.2, -0.15) is 0 Å². The molecular weight excluding hydrogens is 354 g/mol. The smallest absolute Gasteiger partial charge is 0.243 e. The molecule has 4 rings (SSSR count). The van der Waals surface area contributed by atoms with Crippen LogP contribution in [0.5, 0.6) is 0 Å². The fourth-order valence-electron chi connectivity index (χ4n) is 3.45. The fourth-order valence-corrected chi connectivity index (χ4v) is 3.45. The first-order valence-corrected chi connectivity index (χ1v) is 9.73. The highest BCUT2D eigenvalue weighted by molar-refractivity contribution is 5.94. The summed E-state index contributed by atoms with van der Waals surface area (Å²) in [6.07, 6.45) is 4.61. The zero-order valence-corrected chi connectivity index (χ0v) is 15.7. The van der Waals surface area contributed by atoms with Crippen LogP contribution in [-0.4, -0.2) is 34.8 Å². The number of likely N-dealkylation sites (tertiary alicyclic amines) is 1. The van der Waals surface area contributed by atoms with Gasteiger partial charge in [-0.1, -0.05) is 25.0 Å². The zero-order valence-electron chi connectivity index (χ0n) is 15.7. The molecule has 0 atom stereocenters. The lowest BCUT2D eigenvalue weighted by Gasteiger charge is -2.24. The molecule has 28 heavy (non-hydrogen) atoms. The summed E-state index contributed by atoms with van der Waals surface area (Å²) in [5.74, 6) is 0.440. The van der Waals surface area contributed by atoms with Crippen LogP contribution in [0.25, 0.3) is 22.6 Å². The van der Waals surface area contributed by atoms with Crippen molar-refractivity contribution in [1.82, 2.24) is 9.88 Å². The van der Waals surface area contributed by atoms with Crippen LogP contribution in [0.15, 0.2) is 52.9 Å². The van der Waals surface area contributed by atoms with Gasteiger partial charge < -0.3 is 14.6 Å². The Morgan fingerprint density at radius 2 is 1.82 bits per heavy atom. The Balaban J connectivity index is 1.39. The maximum absolute atomic E-state index is 12.4. The molecule has 0 spiro atoms. The quantitative estimate of drug-likeness (QED) is 0.738. The van der Waals surface area contributed by atoms with Crippen LogP contribution in [0, 0.1) is 0 Å². The number of anilines is 1. The average molecular weight is 377 g/mol. The molecule has 0 bridgehead atoms. The Morgan fingerprint density at radius 1 is 1.04 bits per heavy atom. The number of carbonyl (C=O) groups excluding carboxylic acids is 2. The minimum Gasteiger partial charge on any atom is -0.436 e. The molecule has 6 nitrogen and oxygen atoms in total. The summed E-state index contributed by atoms with van der Waals surface area (Å²) in [6.45, 7) is 0.759. The number of nitrogens with one attached hydrogen (secondary N) is 1. The second kappa shape index (κ2) is 8.25. The van der Waals surface area contributed by atoms with Gasteiger partial charge in [-0.15, -0.1) is 0 Å². The summed E-state index contributed by atoms with van der Waals surface area (Å²) < 4.78 is 5.77. The minimum atomic E-state index is -0.177. The number of fused-ring (bicyclic) bond motifs is 1. The number of amides is 2. The lowest BCUT2D eigenvalue weighted by atomic mass is 10.1. The van der Waals surface area contributed by atoms with E-state index in [1.54, 1.807) is 4.90 Å². The summed E-state index contributed by atoms with van der Waals surface area (Å²) in [5.41, 5.74) is 3.08. The van der Waals surface area contributed by atoms with Gasteiger partial charge in [-0.25, -0.2) is 4.98 Å². The fraction of sp³-hybridized carbons (Fsp3) is 0.318. The number of carbonyl (C=O) groups is 2. The van der Waals surface area contributed by atoms with Gasteiger partial charge in [0.15, 0.2) is 5.58 Å². The highest BCUT2D eigenvalue weighted by Gasteiger charge is 2.18. The summed E-state index contributed by atoms with van der Waals surface area (Å²) in [7, 11) is 0. The van der Waals surface area contributed by atoms with Crippen LogP contribution in [0.4, 0.5) is 5.69 Å². The molecule has 1 saturated heterocycles. The molecule has 0 aliphatic carbocycles. The molecule has 0 unspecified atom stereocenters. The number of hydrogen-bond donors (Lipinski definition) is 1. The predicted molar refractivity (Wildman–Crippen MR) is 108 cm³/mol. The van der Waals surface area contributed by atoms with Crippen molar-refractivity contribution in [1.29, 1.82) is 0 Å². The normalized spacial score (nSPS) is 15.3. The number of rotatable bonds is 4. The number of oxazole rings is 1. The van der Waals surface area contributed by atoms with E-state index in [2.05, 4.69) is 10.3 Å². The van der Waals surface area contributed by atoms with Crippen molar-refractivity contribution in [2.45, 2.75) is 32.1 Å². The second-order valence-corrected chi connectivity index (χ2v) is 7.09. The van der Waals surface area contributed by atoms with Gasteiger partial charge in [0, 0.05) is 24.2 Å². The van der Waals surface area contributed by atoms with Crippen molar-refractivity contribution in [3.05, 3.63) is 48.5 Å². The lowest BCUT2D eigenvalue weighted by Crippen LogP contribution is -2.39. The molecule has 144 valence electrons. The molecule has 0 saturated carbocycles. The van der Waals surface area contributed by atoms with Crippen LogP contribution in [0.3, 0.4) is 0 Å². The van der Waals surface area contributed by atoms with Gasteiger partial charge in [0.05, 0.1) is 6.54 Å². The van der Waals surface area contributed by atoms with Crippen molar-refractivity contribution in [3.8, 4) is 11.5 Å². The monoisotopic (exact) mass is 377 g/mol. The predicted octanol–water partition coefficient (Wildman–Crippen LogP) is 4.23. The van der Waals surface area contributed by atoms with Crippen LogP contribution in [-0.2, 0) is 9.59 Å². The SMILES string of the molecule is O=C(CN1CCCCCCC1=O)Nc1ccc(-c2nc3ccccc3o2)cc1. The van der Waals surface area contributed by atoms with Crippen LogP contribution >= 0.6 is 0 Å². The Morgan fingerprint density at radius 3 is 2.64 bits per heavy atom. The van der Waals surface area contributed by atoms with E-state index in [0.717, 1.165) is 42.3 Å². The van der Waals surface area contributed by atoms with Crippen LogP contribution in [0.1, 0.15) is 32.1 Å². The summed E-state index contributed by atoms with van der Waals surface area (Å²) in [6, 6.07) is 15.0. The van der Waals surface area contributed by atoms with E-state index in [-0.39, 0.29) is 18.4 Å². The van der Waals surface area contributed by atoms with Crippen molar-refractivity contribution < 1.29 is 14.0 Å². The van der Waals surface area contributed by atoms with E-state index in [1.165, 1.54) is 0 Å². The summed E-state index contributed by atoms with van der Waals surface area (Å²) in [4.78, 5) is 30.7. The standard InChI is InChI=1S/C22H23N3O3/c26-20(15-25-14-6-2-1-3-9-21(25)27)23-17-12-10-16(11-13-17)22-24-18-7-4-5-8-19(18)28-22/h4-5,7-8,10-13H,1-3,6,9,14-15H2,(H,23,26). The third kappa shape index (κ3) is 4.22. The molecule has 3 aromatic rings. The van der Waals surface area contributed by atoms with Gasteiger partial charge in [-0.05, 0) is 49.2 Å². The van der Waals surface area contributed by atoms with Crippen molar-refractivity contribution >= 4 is 28.6 Å². The number of hydrogen-bond acceptors (Lipinski definition) is 4. The van der Waals surface area contributed by atoms with E-state index < -0.39 is 0 Å². The van der Waals surface area contributed by atoms with Crippen LogP contribution in [0.2, 0.25) is 0 Å². The average Bonchev–Trinajstić information content (AvgIpc) is 3.12. The second-order valence-electron chi connectivity index (χ2n) is 7.09. The van der Waals surface area contributed by atoms with Crippen molar-refractivity contribution in [3.63, 3.8) is 0 Å². The third-order valence-corrected chi connectivity index (χ3v) is 4.97. The molecule has 2 amide bonds. The van der Waals surface area contributed by atoms with E-state index in [4.69, 9.17) is 4.42 Å². The molecule has 2 aromatic carbocycles. The zero-order chi connectivity index (χ0) is 19.3. The molecule has 1 aliphatic heterocycles. The Labute approximate surface area is 163 Å². The number of nitrogens with zero attached hydrogens (tertiary/aromatic N) is 2. The molecule has 1 N–H and O–H groups in total. The van der Waals surface area contributed by atoms with Gasteiger partial charge in [0.25, 0.3) is 0 Å². The summed E-state index contributed by atoms with van der Waals surface area (Å²) in [5, 5.41) is 2.87. The van der Waals surface area contributed by atoms with Crippen molar-refractivity contribution in [2.75, 3.05) is 18.4 Å². The van der Waals surface area contributed by atoms with Gasteiger partial charge >= 0.3 is 0 Å². The molecule has 2 heterocycles. The van der Waals surface area contributed by atoms with E-state index in [9.17, 15) is 9.59 Å². The maximum Gasteiger partial charge on any atom is 0.243 e. The number of para-hydroxylation sites is 2. The molecule has 1 fully saturated rings. The Bertz CT molecular complexity index is 945. The molecule has 1 aromatic heterocycles. The first kappa shape index (κ1) is 18.2. The van der Waals surface area contributed by atoms with Crippen molar-refractivity contribution in [2.24, 2.45) is 0 Å². The van der Waals surface area contributed by atoms with E-state index in [1.807, 2.05) is 48.5 Å². The Hall–Kier alpha value is -3.15. The van der Waals surface area contributed by atoms with Gasteiger partial charge in [0.2, 0.25) is 17.7 Å². The van der Waals surface area contributed by atoms with E-state index >= 15 is 0 Å². The topological polar surface area (TPSA) is 75.4 Å². The number of aromatic nitrogens is 1.